The van der Waals surface area contributed by atoms with Gasteiger partial charge < -0.3 is 5.32 Å². The SMILES string of the molecule is CCNC(c1ccn(-c2ccccc2)n1)c1ccc(Cl)s1. The Kier molecular flexibility index (Phi) is 4.39. The van der Waals surface area contributed by atoms with Crippen LogP contribution in [0.5, 0.6) is 0 Å². The van der Waals surface area contributed by atoms with E-state index in [4.69, 9.17) is 16.7 Å². The Bertz CT molecular complexity index is 705. The Morgan fingerprint density at radius 3 is 2.67 bits per heavy atom. The molecule has 0 saturated carbocycles. The Hall–Kier alpha value is -1.62. The summed E-state index contributed by atoms with van der Waals surface area (Å²) >= 11 is 7.65. The van der Waals surface area contributed by atoms with Gasteiger partial charge in [-0.05, 0) is 36.9 Å². The molecule has 1 atom stereocenters. The Morgan fingerprint density at radius 2 is 2.00 bits per heavy atom. The van der Waals surface area contributed by atoms with Crippen molar-refractivity contribution < 1.29 is 0 Å². The summed E-state index contributed by atoms with van der Waals surface area (Å²) in [6, 6.07) is 16.2. The summed E-state index contributed by atoms with van der Waals surface area (Å²) in [6.45, 7) is 2.97. The molecule has 3 rings (SSSR count). The molecule has 0 amide bonds. The normalized spacial score (nSPS) is 12.5. The number of benzene rings is 1. The molecule has 0 aliphatic carbocycles. The maximum atomic E-state index is 6.06. The van der Waals surface area contributed by atoms with Crippen LogP contribution in [0.4, 0.5) is 0 Å². The summed E-state index contributed by atoms with van der Waals surface area (Å²) in [5.41, 5.74) is 2.06. The highest BCUT2D eigenvalue weighted by Crippen LogP contribution is 2.30. The molecule has 5 heteroatoms. The van der Waals surface area contributed by atoms with E-state index in [-0.39, 0.29) is 6.04 Å². The highest BCUT2D eigenvalue weighted by Gasteiger charge is 2.18. The smallest absolute Gasteiger partial charge is 0.0931 e. The quantitative estimate of drug-likeness (QED) is 0.761. The monoisotopic (exact) mass is 317 g/mol. The van der Waals surface area contributed by atoms with E-state index in [1.165, 1.54) is 4.88 Å². The number of hydrogen-bond acceptors (Lipinski definition) is 3. The van der Waals surface area contributed by atoms with Gasteiger partial charge in [0.15, 0.2) is 0 Å². The average molecular weight is 318 g/mol. The number of halogens is 1. The van der Waals surface area contributed by atoms with Gasteiger partial charge in [-0.25, -0.2) is 4.68 Å². The molecule has 0 aliphatic rings. The van der Waals surface area contributed by atoms with Gasteiger partial charge in [-0.2, -0.15) is 5.10 Å². The molecule has 0 aliphatic heterocycles. The van der Waals surface area contributed by atoms with Crippen LogP contribution in [0, 0.1) is 0 Å². The maximum absolute atomic E-state index is 6.06. The molecule has 2 aromatic heterocycles. The van der Waals surface area contributed by atoms with Gasteiger partial charge in [0.25, 0.3) is 0 Å². The highest BCUT2D eigenvalue weighted by atomic mass is 35.5. The molecular weight excluding hydrogens is 302 g/mol. The molecule has 1 aromatic carbocycles. The largest absolute Gasteiger partial charge is 0.305 e. The molecule has 1 N–H and O–H groups in total. The van der Waals surface area contributed by atoms with E-state index in [1.807, 2.05) is 53.3 Å². The van der Waals surface area contributed by atoms with Crippen molar-refractivity contribution in [3.05, 3.63) is 69.6 Å². The van der Waals surface area contributed by atoms with Gasteiger partial charge >= 0.3 is 0 Å². The van der Waals surface area contributed by atoms with Crippen molar-refractivity contribution in [2.45, 2.75) is 13.0 Å². The summed E-state index contributed by atoms with van der Waals surface area (Å²) < 4.78 is 2.70. The molecule has 0 saturated heterocycles. The van der Waals surface area contributed by atoms with Crippen LogP contribution in [0.2, 0.25) is 4.34 Å². The van der Waals surface area contributed by atoms with Crippen molar-refractivity contribution in [2.24, 2.45) is 0 Å². The van der Waals surface area contributed by atoms with E-state index in [9.17, 15) is 0 Å². The molecule has 0 bridgehead atoms. The highest BCUT2D eigenvalue weighted by molar-refractivity contribution is 7.16. The Morgan fingerprint density at radius 1 is 1.19 bits per heavy atom. The van der Waals surface area contributed by atoms with Crippen LogP contribution >= 0.6 is 22.9 Å². The van der Waals surface area contributed by atoms with E-state index >= 15 is 0 Å². The molecule has 1 unspecified atom stereocenters. The van der Waals surface area contributed by atoms with Gasteiger partial charge in [0.1, 0.15) is 0 Å². The molecule has 21 heavy (non-hydrogen) atoms. The van der Waals surface area contributed by atoms with Crippen LogP contribution < -0.4 is 5.32 Å². The van der Waals surface area contributed by atoms with Crippen molar-refractivity contribution in [3.8, 4) is 5.69 Å². The van der Waals surface area contributed by atoms with Gasteiger partial charge in [0, 0.05) is 11.1 Å². The van der Waals surface area contributed by atoms with Crippen LogP contribution in [-0.2, 0) is 0 Å². The molecular formula is C16H16ClN3S. The Balaban J connectivity index is 1.92. The second-order valence-corrected chi connectivity index (χ2v) is 6.40. The molecule has 3 nitrogen and oxygen atoms in total. The maximum Gasteiger partial charge on any atom is 0.0931 e. The summed E-state index contributed by atoms with van der Waals surface area (Å²) in [7, 11) is 0. The topological polar surface area (TPSA) is 29.9 Å². The van der Waals surface area contributed by atoms with Crippen LogP contribution in [-0.4, -0.2) is 16.3 Å². The lowest BCUT2D eigenvalue weighted by Gasteiger charge is -2.13. The van der Waals surface area contributed by atoms with E-state index in [1.54, 1.807) is 11.3 Å². The first-order valence-corrected chi connectivity index (χ1v) is 8.07. The Labute approximate surface area is 133 Å². The first kappa shape index (κ1) is 14.3. The average Bonchev–Trinajstić information content (AvgIpc) is 3.15. The van der Waals surface area contributed by atoms with E-state index < -0.39 is 0 Å². The number of thiophene rings is 1. The van der Waals surface area contributed by atoms with Crippen LogP contribution in [0.15, 0.2) is 54.7 Å². The first-order chi connectivity index (χ1) is 10.3. The lowest BCUT2D eigenvalue weighted by atomic mass is 10.2. The number of nitrogens with zero attached hydrogens (tertiary/aromatic N) is 2. The third-order valence-corrected chi connectivity index (χ3v) is 4.51. The van der Waals surface area contributed by atoms with Crippen molar-refractivity contribution in [1.29, 1.82) is 0 Å². The number of aromatic nitrogens is 2. The summed E-state index contributed by atoms with van der Waals surface area (Å²) in [6.07, 6.45) is 1.99. The van der Waals surface area contributed by atoms with Crippen molar-refractivity contribution in [3.63, 3.8) is 0 Å². The summed E-state index contributed by atoms with van der Waals surface area (Å²) in [5, 5.41) is 8.17. The molecule has 0 radical (unpaired) electrons. The second kappa shape index (κ2) is 6.43. The van der Waals surface area contributed by atoms with E-state index in [0.29, 0.717) is 0 Å². The van der Waals surface area contributed by atoms with Gasteiger partial charge in [-0.3, -0.25) is 0 Å². The van der Waals surface area contributed by atoms with E-state index in [0.717, 1.165) is 22.3 Å². The van der Waals surface area contributed by atoms with E-state index in [2.05, 4.69) is 18.3 Å². The minimum Gasteiger partial charge on any atom is -0.305 e. The van der Waals surface area contributed by atoms with Gasteiger partial charge in [0.2, 0.25) is 0 Å². The van der Waals surface area contributed by atoms with Crippen LogP contribution in [0.25, 0.3) is 5.69 Å². The minimum atomic E-state index is 0.0810. The number of hydrogen-bond donors (Lipinski definition) is 1. The van der Waals surface area contributed by atoms with Crippen molar-refractivity contribution >= 4 is 22.9 Å². The van der Waals surface area contributed by atoms with Gasteiger partial charge in [-0.1, -0.05) is 36.7 Å². The zero-order valence-electron chi connectivity index (χ0n) is 11.7. The molecule has 2 heterocycles. The molecule has 3 aromatic rings. The number of nitrogens with one attached hydrogen (secondary N) is 1. The lowest BCUT2D eigenvalue weighted by molar-refractivity contribution is 0.616. The molecule has 108 valence electrons. The summed E-state index contributed by atoms with van der Waals surface area (Å²) in [5.74, 6) is 0. The minimum absolute atomic E-state index is 0.0810. The number of para-hydroxylation sites is 1. The van der Waals surface area contributed by atoms with Crippen molar-refractivity contribution in [2.75, 3.05) is 6.54 Å². The third-order valence-electron chi connectivity index (χ3n) is 3.21. The van der Waals surface area contributed by atoms with Crippen molar-refractivity contribution in [1.82, 2.24) is 15.1 Å². The molecule has 0 spiro atoms. The predicted octanol–water partition coefficient (Wildman–Crippen LogP) is 4.29. The fourth-order valence-electron chi connectivity index (χ4n) is 2.25. The van der Waals surface area contributed by atoms with Crippen LogP contribution in [0.3, 0.4) is 0 Å². The predicted molar refractivity (Wildman–Crippen MR) is 88.4 cm³/mol. The standard InChI is InChI=1S/C16H16ClN3S/c1-2-18-16(14-8-9-15(17)21-14)13-10-11-20(19-13)12-6-4-3-5-7-12/h3-11,16,18H,2H2,1H3. The lowest BCUT2D eigenvalue weighted by Crippen LogP contribution is -2.21. The summed E-state index contributed by atoms with van der Waals surface area (Å²) in [4.78, 5) is 1.18. The molecule has 0 fully saturated rings. The first-order valence-electron chi connectivity index (χ1n) is 6.87. The fraction of sp³-hybridized carbons (Fsp3) is 0.188. The fourth-order valence-corrected chi connectivity index (χ4v) is 3.40. The zero-order valence-corrected chi connectivity index (χ0v) is 13.2. The van der Waals surface area contributed by atoms with Gasteiger partial charge in [0.05, 0.1) is 21.8 Å². The third kappa shape index (κ3) is 3.18. The number of rotatable bonds is 5. The van der Waals surface area contributed by atoms with Crippen LogP contribution in [0.1, 0.15) is 23.5 Å². The van der Waals surface area contributed by atoms with Gasteiger partial charge in [-0.15, -0.1) is 11.3 Å². The zero-order chi connectivity index (χ0) is 14.7. The second-order valence-electron chi connectivity index (χ2n) is 4.65.